The minimum atomic E-state index is 0.371. The molecule has 1 rings (SSSR count). The van der Waals surface area contributed by atoms with Crippen molar-refractivity contribution in [1.82, 2.24) is 10.2 Å². The standard InChI is InChI=1S/C14H28N2O/c1-3-5-6-7-8-14(17)16(4-2)13-9-11-15-12-10-13/h13,15H,3-12H2,1-2H3. The predicted octanol–water partition coefficient (Wildman–Crippen LogP) is 2.56. The Kier molecular flexibility index (Phi) is 7.25. The van der Waals surface area contributed by atoms with Crippen LogP contribution in [0.2, 0.25) is 0 Å². The highest BCUT2D eigenvalue weighted by atomic mass is 16.2. The Morgan fingerprint density at radius 2 is 1.88 bits per heavy atom. The molecule has 1 N–H and O–H groups in total. The molecule has 0 aromatic heterocycles. The molecule has 0 bridgehead atoms. The van der Waals surface area contributed by atoms with E-state index in [1.54, 1.807) is 0 Å². The van der Waals surface area contributed by atoms with E-state index in [1.807, 2.05) is 0 Å². The van der Waals surface area contributed by atoms with E-state index < -0.39 is 0 Å². The van der Waals surface area contributed by atoms with Crippen molar-refractivity contribution in [2.75, 3.05) is 19.6 Å². The van der Waals surface area contributed by atoms with Gasteiger partial charge in [0.1, 0.15) is 0 Å². The summed E-state index contributed by atoms with van der Waals surface area (Å²) < 4.78 is 0. The number of nitrogens with one attached hydrogen (secondary N) is 1. The first-order valence-corrected chi connectivity index (χ1v) is 7.29. The van der Waals surface area contributed by atoms with E-state index in [1.165, 1.54) is 19.3 Å². The van der Waals surface area contributed by atoms with Gasteiger partial charge in [-0.05, 0) is 39.3 Å². The number of piperidine rings is 1. The van der Waals surface area contributed by atoms with Gasteiger partial charge in [0.15, 0.2) is 0 Å². The molecule has 17 heavy (non-hydrogen) atoms. The Morgan fingerprint density at radius 3 is 2.47 bits per heavy atom. The van der Waals surface area contributed by atoms with Gasteiger partial charge >= 0.3 is 0 Å². The highest BCUT2D eigenvalue weighted by Crippen LogP contribution is 2.14. The zero-order valence-electron chi connectivity index (χ0n) is 11.5. The molecule has 1 fully saturated rings. The monoisotopic (exact) mass is 240 g/mol. The molecule has 0 aliphatic carbocycles. The molecule has 1 saturated heterocycles. The fourth-order valence-corrected chi connectivity index (χ4v) is 2.60. The van der Waals surface area contributed by atoms with Crippen molar-refractivity contribution in [2.45, 2.75) is 64.8 Å². The Labute approximate surface area is 106 Å². The van der Waals surface area contributed by atoms with Gasteiger partial charge in [-0.2, -0.15) is 0 Å². The lowest BCUT2D eigenvalue weighted by Gasteiger charge is -2.34. The zero-order valence-corrected chi connectivity index (χ0v) is 11.5. The molecule has 0 atom stereocenters. The van der Waals surface area contributed by atoms with Crippen LogP contribution in [0.5, 0.6) is 0 Å². The second-order valence-electron chi connectivity index (χ2n) is 4.97. The molecule has 0 spiro atoms. The summed E-state index contributed by atoms with van der Waals surface area (Å²) in [4.78, 5) is 14.2. The molecule has 1 aliphatic heterocycles. The molecule has 0 aromatic rings. The predicted molar refractivity (Wildman–Crippen MR) is 72.0 cm³/mol. The van der Waals surface area contributed by atoms with E-state index in [0.29, 0.717) is 11.9 Å². The zero-order chi connectivity index (χ0) is 12.5. The van der Waals surface area contributed by atoms with Crippen LogP contribution in [0.1, 0.15) is 58.8 Å². The summed E-state index contributed by atoms with van der Waals surface area (Å²) in [6.45, 7) is 7.30. The molecular formula is C14H28N2O. The summed E-state index contributed by atoms with van der Waals surface area (Å²) >= 11 is 0. The molecule has 0 unspecified atom stereocenters. The van der Waals surface area contributed by atoms with E-state index in [4.69, 9.17) is 0 Å². The summed E-state index contributed by atoms with van der Waals surface area (Å²) in [5.74, 6) is 0.371. The highest BCUT2D eigenvalue weighted by molar-refractivity contribution is 5.76. The van der Waals surface area contributed by atoms with E-state index >= 15 is 0 Å². The number of carbonyl (C=O) groups excluding carboxylic acids is 1. The van der Waals surface area contributed by atoms with E-state index in [2.05, 4.69) is 24.1 Å². The van der Waals surface area contributed by atoms with Gasteiger partial charge in [0.05, 0.1) is 0 Å². The lowest BCUT2D eigenvalue weighted by Crippen LogP contribution is -2.45. The molecule has 1 aliphatic rings. The second-order valence-corrected chi connectivity index (χ2v) is 4.97. The molecule has 0 saturated carbocycles. The number of hydrogen-bond acceptors (Lipinski definition) is 2. The lowest BCUT2D eigenvalue weighted by molar-refractivity contribution is -0.133. The molecular weight excluding hydrogens is 212 g/mol. The molecule has 0 aromatic carbocycles. The van der Waals surface area contributed by atoms with Crippen molar-refractivity contribution in [3.63, 3.8) is 0 Å². The third-order valence-electron chi connectivity index (χ3n) is 3.65. The lowest BCUT2D eigenvalue weighted by atomic mass is 10.0. The van der Waals surface area contributed by atoms with Crippen LogP contribution in [0.3, 0.4) is 0 Å². The van der Waals surface area contributed by atoms with Crippen molar-refractivity contribution in [3.05, 3.63) is 0 Å². The smallest absolute Gasteiger partial charge is 0.222 e. The number of nitrogens with zero attached hydrogens (tertiary/aromatic N) is 1. The number of amides is 1. The Hall–Kier alpha value is -0.570. The normalized spacial score (nSPS) is 17.1. The maximum atomic E-state index is 12.1. The second kappa shape index (κ2) is 8.51. The fourth-order valence-electron chi connectivity index (χ4n) is 2.60. The largest absolute Gasteiger partial charge is 0.340 e. The summed E-state index contributed by atoms with van der Waals surface area (Å²) in [5.41, 5.74) is 0. The minimum Gasteiger partial charge on any atom is -0.340 e. The molecule has 3 heteroatoms. The van der Waals surface area contributed by atoms with Gasteiger partial charge < -0.3 is 10.2 Å². The summed E-state index contributed by atoms with van der Waals surface area (Å²) in [5, 5.41) is 3.35. The van der Waals surface area contributed by atoms with Gasteiger partial charge in [-0.1, -0.05) is 26.2 Å². The molecule has 1 heterocycles. The molecule has 1 amide bonds. The first kappa shape index (κ1) is 14.5. The number of rotatable bonds is 7. The van der Waals surface area contributed by atoms with Crippen LogP contribution >= 0.6 is 0 Å². The first-order chi connectivity index (χ1) is 8.29. The quantitative estimate of drug-likeness (QED) is 0.694. The third kappa shape index (κ3) is 5.07. The maximum absolute atomic E-state index is 12.1. The van der Waals surface area contributed by atoms with E-state index in [-0.39, 0.29) is 0 Å². The average molecular weight is 240 g/mol. The summed E-state index contributed by atoms with van der Waals surface area (Å²) in [6, 6.07) is 0.486. The van der Waals surface area contributed by atoms with E-state index in [0.717, 1.165) is 45.3 Å². The number of unbranched alkanes of at least 4 members (excludes halogenated alkanes) is 3. The van der Waals surface area contributed by atoms with Crippen LogP contribution in [0.25, 0.3) is 0 Å². The van der Waals surface area contributed by atoms with Crippen LogP contribution in [-0.2, 0) is 4.79 Å². The Balaban J connectivity index is 2.29. The van der Waals surface area contributed by atoms with Crippen molar-refractivity contribution >= 4 is 5.91 Å². The summed E-state index contributed by atoms with van der Waals surface area (Å²) in [7, 11) is 0. The third-order valence-corrected chi connectivity index (χ3v) is 3.65. The van der Waals surface area contributed by atoms with Gasteiger partial charge in [-0.15, -0.1) is 0 Å². The SMILES string of the molecule is CCCCCCC(=O)N(CC)C1CCNCC1. The van der Waals surface area contributed by atoms with Crippen molar-refractivity contribution in [3.8, 4) is 0 Å². The molecule has 0 radical (unpaired) electrons. The van der Waals surface area contributed by atoms with Crippen LogP contribution in [0, 0.1) is 0 Å². The summed E-state index contributed by atoms with van der Waals surface area (Å²) in [6.07, 6.45) is 7.74. The topological polar surface area (TPSA) is 32.3 Å². The fraction of sp³-hybridized carbons (Fsp3) is 0.929. The average Bonchev–Trinajstić information content (AvgIpc) is 2.37. The van der Waals surface area contributed by atoms with Crippen LogP contribution in [-0.4, -0.2) is 36.5 Å². The van der Waals surface area contributed by atoms with Crippen molar-refractivity contribution < 1.29 is 4.79 Å². The van der Waals surface area contributed by atoms with Gasteiger partial charge in [0.25, 0.3) is 0 Å². The molecule has 100 valence electrons. The van der Waals surface area contributed by atoms with Crippen molar-refractivity contribution in [2.24, 2.45) is 0 Å². The van der Waals surface area contributed by atoms with Crippen LogP contribution in [0.4, 0.5) is 0 Å². The van der Waals surface area contributed by atoms with Gasteiger partial charge in [-0.3, -0.25) is 4.79 Å². The van der Waals surface area contributed by atoms with E-state index in [9.17, 15) is 4.79 Å². The van der Waals surface area contributed by atoms with Crippen LogP contribution in [0.15, 0.2) is 0 Å². The Bertz CT molecular complexity index is 212. The molecule has 3 nitrogen and oxygen atoms in total. The maximum Gasteiger partial charge on any atom is 0.222 e. The van der Waals surface area contributed by atoms with Crippen molar-refractivity contribution in [1.29, 1.82) is 0 Å². The minimum absolute atomic E-state index is 0.371. The van der Waals surface area contributed by atoms with Gasteiger partial charge in [0.2, 0.25) is 5.91 Å². The van der Waals surface area contributed by atoms with Gasteiger partial charge in [0, 0.05) is 19.0 Å². The highest BCUT2D eigenvalue weighted by Gasteiger charge is 2.23. The Morgan fingerprint density at radius 1 is 1.18 bits per heavy atom. The van der Waals surface area contributed by atoms with Gasteiger partial charge in [-0.25, -0.2) is 0 Å². The van der Waals surface area contributed by atoms with Crippen LogP contribution < -0.4 is 5.32 Å². The number of carbonyl (C=O) groups is 1. The number of hydrogen-bond donors (Lipinski definition) is 1. The first-order valence-electron chi connectivity index (χ1n) is 7.29.